The second-order valence-corrected chi connectivity index (χ2v) is 6.83. The summed E-state index contributed by atoms with van der Waals surface area (Å²) < 4.78 is 26.5. The van der Waals surface area contributed by atoms with Gasteiger partial charge in [-0.15, -0.1) is 0 Å². The fourth-order valence-electron chi connectivity index (χ4n) is 1.75. The van der Waals surface area contributed by atoms with Gasteiger partial charge in [0.05, 0.1) is 5.25 Å². The molecule has 1 atom stereocenters. The van der Waals surface area contributed by atoms with Gasteiger partial charge < -0.3 is 5.32 Å². The Morgan fingerprint density at radius 1 is 1.21 bits per heavy atom. The first kappa shape index (κ1) is 16.1. The maximum atomic E-state index is 11.9. The summed E-state index contributed by atoms with van der Waals surface area (Å²) >= 11 is 0. The molecule has 0 bridgehead atoms. The zero-order valence-electron chi connectivity index (χ0n) is 11.7. The van der Waals surface area contributed by atoms with Crippen LogP contribution in [0.15, 0.2) is 30.3 Å². The maximum absolute atomic E-state index is 11.9. The van der Waals surface area contributed by atoms with Gasteiger partial charge in [-0.1, -0.05) is 37.3 Å². The molecule has 0 aliphatic heterocycles. The van der Waals surface area contributed by atoms with Crippen molar-refractivity contribution in [3.8, 4) is 0 Å². The first-order chi connectivity index (χ1) is 9.06. The predicted octanol–water partition coefficient (Wildman–Crippen LogP) is 1.54. The van der Waals surface area contributed by atoms with Crippen LogP contribution in [0.1, 0.15) is 25.8 Å². The molecule has 1 unspecified atom stereocenters. The highest BCUT2D eigenvalue weighted by molar-refractivity contribution is 7.90. The Kier molecular flexibility index (Phi) is 7.05. The topological polar surface area (TPSA) is 58.2 Å². The molecule has 108 valence electrons. The van der Waals surface area contributed by atoms with Gasteiger partial charge in [-0.05, 0) is 31.9 Å². The van der Waals surface area contributed by atoms with Crippen LogP contribution in [-0.2, 0) is 16.4 Å². The number of benzene rings is 1. The molecular weight excluding hydrogens is 260 g/mol. The van der Waals surface area contributed by atoms with Crippen LogP contribution in [0.2, 0.25) is 0 Å². The summed E-state index contributed by atoms with van der Waals surface area (Å²) in [5, 5.41) is 2.65. The lowest BCUT2D eigenvalue weighted by Crippen LogP contribution is -2.39. The molecule has 2 N–H and O–H groups in total. The van der Waals surface area contributed by atoms with Gasteiger partial charge in [0, 0.05) is 13.1 Å². The van der Waals surface area contributed by atoms with Crippen LogP contribution in [0, 0.1) is 0 Å². The average Bonchev–Trinajstić information content (AvgIpc) is 2.42. The lowest BCUT2D eigenvalue weighted by atomic mass is 10.1. The van der Waals surface area contributed by atoms with E-state index in [1.54, 1.807) is 6.92 Å². The van der Waals surface area contributed by atoms with Crippen LogP contribution in [-0.4, -0.2) is 33.3 Å². The summed E-state index contributed by atoms with van der Waals surface area (Å²) in [6, 6.07) is 10.1. The molecule has 0 aliphatic carbocycles. The molecule has 0 spiro atoms. The van der Waals surface area contributed by atoms with E-state index < -0.39 is 15.3 Å². The third kappa shape index (κ3) is 6.18. The highest BCUT2D eigenvalue weighted by Crippen LogP contribution is 2.02. The van der Waals surface area contributed by atoms with Gasteiger partial charge in [0.2, 0.25) is 10.0 Å². The molecular formula is C14H24N2O2S. The molecule has 5 heteroatoms. The standard InChI is InChI=1S/C14H24N2O2S/c1-3-15-12-13(2)19(17,18)16-11-7-10-14-8-5-4-6-9-14/h4-6,8-9,13,15-16H,3,7,10-12H2,1-2H3. The van der Waals surface area contributed by atoms with Crippen molar-refractivity contribution in [2.24, 2.45) is 0 Å². The Hall–Kier alpha value is -0.910. The molecule has 0 saturated carbocycles. The predicted molar refractivity (Wildman–Crippen MR) is 79.7 cm³/mol. The van der Waals surface area contributed by atoms with Gasteiger partial charge in [0.25, 0.3) is 0 Å². The summed E-state index contributed by atoms with van der Waals surface area (Å²) in [5.74, 6) is 0. The van der Waals surface area contributed by atoms with E-state index >= 15 is 0 Å². The third-order valence-corrected chi connectivity index (χ3v) is 4.83. The van der Waals surface area contributed by atoms with Gasteiger partial charge in [-0.25, -0.2) is 13.1 Å². The highest BCUT2D eigenvalue weighted by Gasteiger charge is 2.18. The largest absolute Gasteiger partial charge is 0.316 e. The number of aryl methyl sites for hydroxylation is 1. The first-order valence-electron chi connectivity index (χ1n) is 6.79. The van der Waals surface area contributed by atoms with Crippen LogP contribution in [0.25, 0.3) is 0 Å². The van der Waals surface area contributed by atoms with Crippen molar-refractivity contribution < 1.29 is 8.42 Å². The highest BCUT2D eigenvalue weighted by atomic mass is 32.2. The number of hydrogen-bond acceptors (Lipinski definition) is 3. The van der Waals surface area contributed by atoms with Crippen LogP contribution >= 0.6 is 0 Å². The minimum Gasteiger partial charge on any atom is -0.316 e. The fourth-order valence-corrected chi connectivity index (χ4v) is 2.80. The van der Waals surface area contributed by atoms with Crippen LogP contribution in [0.4, 0.5) is 0 Å². The normalized spacial score (nSPS) is 13.4. The quantitative estimate of drug-likeness (QED) is 0.676. The Morgan fingerprint density at radius 3 is 2.53 bits per heavy atom. The minimum atomic E-state index is -3.20. The number of rotatable bonds is 9. The third-order valence-electron chi connectivity index (χ3n) is 3.00. The average molecular weight is 284 g/mol. The van der Waals surface area contributed by atoms with Gasteiger partial charge in [0.1, 0.15) is 0 Å². The molecule has 4 nitrogen and oxygen atoms in total. The second kappa shape index (κ2) is 8.30. The van der Waals surface area contributed by atoms with Crippen molar-refractivity contribution in [1.29, 1.82) is 0 Å². The maximum Gasteiger partial charge on any atom is 0.215 e. The van der Waals surface area contributed by atoms with E-state index in [4.69, 9.17) is 0 Å². The van der Waals surface area contributed by atoms with E-state index in [0.717, 1.165) is 19.4 Å². The molecule has 1 rings (SSSR count). The van der Waals surface area contributed by atoms with Crippen molar-refractivity contribution in [1.82, 2.24) is 10.0 Å². The monoisotopic (exact) mass is 284 g/mol. The summed E-state index contributed by atoms with van der Waals surface area (Å²) in [5.41, 5.74) is 1.24. The SMILES string of the molecule is CCNCC(C)S(=O)(=O)NCCCc1ccccc1. The lowest BCUT2D eigenvalue weighted by Gasteiger charge is -2.14. The first-order valence-corrected chi connectivity index (χ1v) is 8.34. The van der Waals surface area contributed by atoms with E-state index in [1.165, 1.54) is 5.56 Å². The second-order valence-electron chi connectivity index (χ2n) is 4.65. The van der Waals surface area contributed by atoms with Gasteiger partial charge >= 0.3 is 0 Å². The molecule has 0 aromatic heterocycles. The molecule has 0 fully saturated rings. The van der Waals surface area contributed by atoms with Crippen LogP contribution < -0.4 is 10.0 Å². The molecule has 0 aliphatic rings. The minimum absolute atomic E-state index is 0.399. The lowest BCUT2D eigenvalue weighted by molar-refractivity contribution is 0.558. The fraction of sp³-hybridized carbons (Fsp3) is 0.571. The zero-order valence-corrected chi connectivity index (χ0v) is 12.5. The summed E-state index contributed by atoms with van der Waals surface area (Å²) in [7, 11) is -3.20. The van der Waals surface area contributed by atoms with E-state index in [1.807, 2.05) is 25.1 Å². The smallest absolute Gasteiger partial charge is 0.215 e. The Labute approximate surface area is 116 Å². The van der Waals surface area contributed by atoms with E-state index in [0.29, 0.717) is 13.1 Å². The molecule has 0 saturated heterocycles. The summed E-state index contributed by atoms with van der Waals surface area (Å²) in [4.78, 5) is 0. The van der Waals surface area contributed by atoms with Crippen molar-refractivity contribution in [3.05, 3.63) is 35.9 Å². The molecule has 0 amide bonds. The number of hydrogen-bond donors (Lipinski definition) is 2. The Morgan fingerprint density at radius 2 is 1.89 bits per heavy atom. The van der Waals surface area contributed by atoms with E-state index in [2.05, 4.69) is 22.2 Å². The molecule has 0 radical (unpaired) electrons. The summed E-state index contributed by atoms with van der Waals surface area (Å²) in [6.07, 6.45) is 1.71. The van der Waals surface area contributed by atoms with Gasteiger partial charge in [-0.2, -0.15) is 0 Å². The number of nitrogens with one attached hydrogen (secondary N) is 2. The van der Waals surface area contributed by atoms with Crippen molar-refractivity contribution >= 4 is 10.0 Å². The summed E-state index contributed by atoms with van der Waals surface area (Å²) in [6.45, 7) is 5.46. The van der Waals surface area contributed by atoms with E-state index in [9.17, 15) is 8.42 Å². The van der Waals surface area contributed by atoms with Crippen molar-refractivity contribution in [2.75, 3.05) is 19.6 Å². The molecule has 19 heavy (non-hydrogen) atoms. The van der Waals surface area contributed by atoms with Crippen molar-refractivity contribution in [3.63, 3.8) is 0 Å². The molecule has 1 aromatic carbocycles. The molecule has 1 aromatic rings. The Bertz CT molecular complexity index is 446. The van der Waals surface area contributed by atoms with Gasteiger partial charge in [-0.3, -0.25) is 0 Å². The van der Waals surface area contributed by atoms with Crippen LogP contribution in [0.3, 0.4) is 0 Å². The zero-order chi connectivity index (χ0) is 14.1. The molecule has 0 heterocycles. The Balaban J connectivity index is 2.28. The number of sulfonamides is 1. The van der Waals surface area contributed by atoms with Crippen LogP contribution in [0.5, 0.6) is 0 Å². The van der Waals surface area contributed by atoms with Gasteiger partial charge in [0.15, 0.2) is 0 Å². The van der Waals surface area contributed by atoms with Crippen molar-refractivity contribution in [2.45, 2.75) is 31.9 Å². The van der Waals surface area contributed by atoms with E-state index in [-0.39, 0.29) is 0 Å².